The average molecular weight is 478 g/mol. The van der Waals surface area contributed by atoms with Gasteiger partial charge in [0.1, 0.15) is 11.5 Å². The zero-order valence-corrected chi connectivity index (χ0v) is 19.7. The SMILES string of the molecule is Cc1ccccc1S(=O)(=O)Cc1ccc(C(=O)NC[C@H](C)CSc2ccc(Cl)cc2)o1. The maximum atomic E-state index is 12.7. The minimum Gasteiger partial charge on any atom is -0.455 e. The van der Waals surface area contributed by atoms with Crippen molar-refractivity contribution in [1.29, 1.82) is 0 Å². The van der Waals surface area contributed by atoms with Crippen molar-refractivity contribution in [2.45, 2.75) is 29.4 Å². The first kappa shape index (κ1) is 23.4. The Hall–Kier alpha value is -2.22. The number of hydrogen-bond donors (Lipinski definition) is 1. The summed E-state index contributed by atoms with van der Waals surface area (Å²) < 4.78 is 30.8. The van der Waals surface area contributed by atoms with Crippen molar-refractivity contribution in [2.24, 2.45) is 5.92 Å². The zero-order chi connectivity index (χ0) is 22.4. The maximum absolute atomic E-state index is 12.7. The van der Waals surface area contributed by atoms with Crippen LogP contribution in [-0.2, 0) is 15.6 Å². The summed E-state index contributed by atoms with van der Waals surface area (Å²) in [5, 5.41) is 3.55. The van der Waals surface area contributed by atoms with E-state index in [2.05, 4.69) is 5.32 Å². The molecule has 2 aromatic carbocycles. The van der Waals surface area contributed by atoms with Crippen molar-refractivity contribution < 1.29 is 17.6 Å². The van der Waals surface area contributed by atoms with Gasteiger partial charge in [0.25, 0.3) is 5.91 Å². The standard InChI is InChI=1S/C23H24ClNO4S2/c1-16(14-30-20-10-7-18(24)8-11-20)13-25-23(26)21-12-9-19(29-21)15-31(27,28)22-6-4-3-5-17(22)2/h3-12,16H,13-15H2,1-2H3,(H,25,26)/t16-/m0/s1. The summed E-state index contributed by atoms with van der Waals surface area (Å²) in [5.41, 5.74) is 0.678. The van der Waals surface area contributed by atoms with Crippen LogP contribution in [0.3, 0.4) is 0 Å². The van der Waals surface area contributed by atoms with Crippen molar-refractivity contribution in [2.75, 3.05) is 12.3 Å². The lowest BCUT2D eigenvalue weighted by molar-refractivity contribution is 0.0920. The highest BCUT2D eigenvalue weighted by atomic mass is 35.5. The Morgan fingerprint density at radius 1 is 1.10 bits per heavy atom. The van der Waals surface area contributed by atoms with E-state index in [1.165, 1.54) is 12.1 Å². The summed E-state index contributed by atoms with van der Waals surface area (Å²) in [6.45, 7) is 4.28. The fourth-order valence-corrected chi connectivity index (χ4v) is 5.51. The highest BCUT2D eigenvalue weighted by Crippen LogP contribution is 2.23. The number of amides is 1. The van der Waals surface area contributed by atoms with Gasteiger partial charge in [0, 0.05) is 22.2 Å². The van der Waals surface area contributed by atoms with Gasteiger partial charge in [-0.3, -0.25) is 4.79 Å². The van der Waals surface area contributed by atoms with Gasteiger partial charge in [-0.05, 0) is 60.9 Å². The summed E-state index contributed by atoms with van der Waals surface area (Å²) in [7, 11) is -3.56. The topological polar surface area (TPSA) is 76.4 Å². The molecule has 0 aliphatic carbocycles. The van der Waals surface area contributed by atoms with E-state index in [9.17, 15) is 13.2 Å². The van der Waals surface area contributed by atoms with Crippen LogP contribution in [0.15, 0.2) is 74.9 Å². The molecule has 5 nitrogen and oxygen atoms in total. The summed E-state index contributed by atoms with van der Waals surface area (Å²) in [6.07, 6.45) is 0. The van der Waals surface area contributed by atoms with Gasteiger partial charge in [-0.25, -0.2) is 8.42 Å². The van der Waals surface area contributed by atoms with E-state index in [0.29, 0.717) is 17.1 Å². The van der Waals surface area contributed by atoms with Crippen LogP contribution in [0.25, 0.3) is 0 Å². The molecule has 1 atom stereocenters. The van der Waals surface area contributed by atoms with Crippen molar-refractivity contribution >= 4 is 39.1 Å². The minimum atomic E-state index is -3.56. The number of halogens is 1. The Morgan fingerprint density at radius 2 is 1.81 bits per heavy atom. The Kier molecular flexibility index (Phi) is 7.86. The maximum Gasteiger partial charge on any atom is 0.287 e. The van der Waals surface area contributed by atoms with Crippen LogP contribution in [0, 0.1) is 12.8 Å². The first-order valence-electron chi connectivity index (χ1n) is 9.78. The Labute approximate surface area is 192 Å². The molecule has 0 radical (unpaired) electrons. The van der Waals surface area contributed by atoms with Crippen molar-refractivity contribution in [3.63, 3.8) is 0 Å². The summed E-state index contributed by atoms with van der Waals surface area (Å²) >= 11 is 7.59. The molecule has 0 saturated carbocycles. The number of carbonyl (C=O) groups excluding carboxylic acids is 1. The lowest BCUT2D eigenvalue weighted by atomic mass is 10.2. The molecule has 0 saturated heterocycles. The molecule has 8 heteroatoms. The molecular formula is C23H24ClNO4S2. The average Bonchev–Trinajstić information content (AvgIpc) is 3.19. The number of sulfone groups is 1. The predicted molar refractivity (Wildman–Crippen MR) is 124 cm³/mol. The van der Waals surface area contributed by atoms with Crippen LogP contribution in [0.5, 0.6) is 0 Å². The highest BCUT2D eigenvalue weighted by Gasteiger charge is 2.21. The van der Waals surface area contributed by atoms with E-state index in [-0.39, 0.29) is 34.0 Å². The number of rotatable bonds is 9. The number of furan rings is 1. The van der Waals surface area contributed by atoms with Gasteiger partial charge in [0.2, 0.25) is 0 Å². The van der Waals surface area contributed by atoms with Gasteiger partial charge >= 0.3 is 0 Å². The van der Waals surface area contributed by atoms with Crippen LogP contribution in [0.1, 0.15) is 28.8 Å². The fourth-order valence-electron chi connectivity index (χ4n) is 2.93. The van der Waals surface area contributed by atoms with Gasteiger partial charge < -0.3 is 9.73 Å². The molecule has 0 bridgehead atoms. The second-order valence-corrected chi connectivity index (χ2v) is 10.9. The van der Waals surface area contributed by atoms with Gasteiger partial charge in [-0.1, -0.05) is 36.7 Å². The van der Waals surface area contributed by atoms with E-state index in [0.717, 1.165) is 10.6 Å². The number of aryl methyl sites for hydroxylation is 1. The van der Waals surface area contributed by atoms with Crippen molar-refractivity contribution in [1.82, 2.24) is 5.32 Å². The molecule has 1 N–H and O–H groups in total. The monoisotopic (exact) mass is 477 g/mol. The van der Waals surface area contributed by atoms with Crippen molar-refractivity contribution in [3.05, 3.63) is 82.8 Å². The van der Waals surface area contributed by atoms with Gasteiger partial charge in [-0.2, -0.15) is 0 Å². The normalized spacial score (nSPS) is 12.5. The Morgan fingerprint density at radius 3 is 2.52 bits per heavy atom. The van der Waals surface area contributed by atoms with Crippen LogP contribution >= 0.6 is 23.4 Å². The zero-order valence-electron chi connectivity index (χ0n) is 17.3. The minimum absolute atomic E-state index is 0.104. The lowest BCUT2D eigenvalue weighted by Gasteiger charge is -2.11. The van der Waals surface area contributed by atoms with E-state index < -0.39 is 9.84 Å². The second kappa shape index (κ2) is 10.4. The first-order valence-corrected chi connectivity index (χ1v) is 12.8. The summed E-state index contributed by atoms with van der Waals surface area (Å²) in [4.78, 5) is 13.8. The molecule has 0 spiro atoms. The van der Waals surface area contributed by atoms with E-state index in [1.54, 1.807) is 43.0 Å². The molecule has 0 aliphatic heterocycles. The predicted octanol–water partition coefficient (Wildman–Crippen LogP) is 5.37. The number of nitrogens with one attached hydrogen (secondary N) is 1. The summed E-state index contributed by atoms with van der Waals surface area (Å²) in [6, 6.07) is 17.5. The molecule has 0 unspecified atom stereocenters. The molecule has 164 valence electrons. The van der Waals surface area contributed by atoms with Gasteiger partial charge in [0.15, 0.2) is 15.6 Å². The number of carbonyl (C=O) groups is 1. The fraction of sp³-hybridized carbons (Fsp3) is 0.261. The van der Waals surface area contributed by atoms with Gasteiger partial charge in [-0.15, -0.1) is 11.8 Å². The van der Waals surface area contributed by atoms with Crippen molar-refractivity contribution in [3.8, 4) is 0 Å². The molecule has 1 amide bonds. The van der Waals surface area contributed by atoms with Crippen LogP contribution < -0.4 is 5.32 Å². The molecule has 0 fully saturated rings. The van der Waals surface area contributed by atoms with Crippen LogP contribution in [0.4, 0.5) is 0 Å². The third-order valence-electron chi connectivity index (χ3n) is 4.61. The molecule has 3 rings (SSSR count). The first-order chi connectivity index (χ1) is 14.7. The van der Waals surface area contributed by atoms with Crippen LogP contribution in [-0.4, -0.2) is 26.6 Å². The molecule has 1 aromatic heterocycles. The Bertz CT molecular complexity index is 1140. The third kappa shape index (κ3) is 6.63. The smallest absolute Gasteiger partial charge is 0.287 e. The number of thioether (sulfide) groups is 1. The molecular weight excluding hydrogens is 454 g/mol. The molecule has 0 aliphatic rings. The molecule has 31 heavy (non-hydrogen) atoms. The van der Waals surface area contributed by atoms with Gasteiger partial charge in [0.05, 0.1) is 4.90 Å². The van der Waals surface area contributed by atoms with Crippen LogP contribution in [0.2, 0.25) is 5.02 Å². The van der Waals surface area contributed by atoms with E-state index >= 15 is 0 Å². The summed E-state index contributed by atoms with van der Waals surface area (Å²) in [5.74, 6) is 0.759. The largest absolute Gasteiger partial charge is 0.455 e. The molecule has 1 heterocycles. The lowest BCUT2D eigenvalue weighted by Crippen LogP contribution is -2.28. The number of benzene rings is 2. The molecule has 3 aromatic rings. The van der Waals surface area contributed by atoms with E-state index in [1.807, 2.05) is 31.2 Å². The number of hydrogen-bond acceptors (Lipinski definition) is 5. The second-order valence-electron chi connectivity index (χ2n) is 7.37. The highest BCUT2D eigenvalue weighted by molar-refractivity contribution is 7.99. The quantitative estimate of drug-likeness (QED) is 0.419. The third-order valence-corrected chi connectivity index (χ3v) is 7.99. The van der Waals surface area contributed by atoms with E-state index in [4.69, 9.17) is 16.0 Å². The Balaban J connectivity index is 1.51.